The maximum atomic E-state index is 13.1. The fourth-order valence-corrected chi connectivity index (χ4v) is 4.15. The van der Waals surface area contributed by atoms with Gasteiger partial charge in [-0.1, -0.05) is 12.2 Å². The Hall–Kier alpha value is -2.76. The molecule has 6 nitrogen and oxygen atoms in total. The van der Waals surface area contributed by atoms with Crippen molar-refractivity contribution >= 4 is 11.5 Å². The minimum Gasteiger partial charge on any atom is -0.504 e. The molecule has 1 fully saturated rings. The lowest BCUT2D eigenvalue weighted by molar-refractivity contribution is -0.116. The number of nitrogens with zero attached hydrogens (tertiary/aromatic N) is 1. The number of methoxy groups -OCH3 is 3. The fourth-order valence-electron chi connectivity index (χ4n) is 4.15. The maximum Gasteiger partial charge on any atom is 0.199 e. The zero-order valence-electron chi connectivity index (χ0n) is 14.3. The van der Waals surface area contributed by atoms with Gasteiger partial charge < -0.3 is 19.3 Å². The predicted octanol–water partition coefficient (Wildman–Crippen LogP) is 2.58. The van der Waals surface area contributed by atoms with Gasteiger partial charge in [-0.15, -0.1) is 0 Å². The largest absolute Gasteiger partial charge is 0.504 e. The molecule has 0 radical (unpaired) electrons. The molecule has 6 heteroatoms. The van der Waals surface area contributed by atoms with Gasteiger partial charge in [0, 0.05) is 24.1 Å². The Labute approximate surface area is 145 Å². The summed E-state index contributed by atoms with van der Waals surface area (Å²) < 4.78 is 16.2. The molecule has 0 unspecified atom stereocenters. The van der Waals surface area contributed by atoms with Crippen molar-refractivity contribution in [2.75, 3.05) is 21.3 Å². The normalized spacial score (nSPS) is 30.1. The number of rotatable bonds is 3. The summed E-state index contributed by atoms with van der Waals surface area (Å²) in [5.41, 5.74) is 1.96. The van der Waals surface area contributed by atoms with Crippen molar-refractivity contribution in [1.29, 1.82) is 0 Å². The molecule has 0 saturated heterocycles. The number of Topliss-reactive ketones (excluding diaryl/α,β-unsaturated/α-hetero) is 1. The number of hydrogen-bond acceptors (Lipinski definition) is 6. The van der Waals surface area contributed by atoms with Crippen molar-refractivity contribution in [3.63, 3.8) is 0 Å². The van der Waals surface area contributed by atoms with E-state index in [1.165, 1.54) is 14.2 Å². The van der Waals surface area contributed by atoms with Crippen LogP contribution in [-0.2, 0) is 19.0 Å². The summed E-state index contributed by atoms with van der Waals surface area (Å²) in [7, 11) is 4.62. The van der Waals surface area contributed by atoms with E-state index >= 15 is 0 Å². The topological polar surface area (TPSA) is 77.3 Å². The van der Waals surface area contributed by atoms with Crippen LogP contribution >= 0.6 is 0 Å². The number of ether oxygens (including phenoxy) is 3. The molecule has 4 rings (SSSR count). The SMILES string of the molecule is COC1=CC=C2C3=C(O)C(OC)=C(OC)[C@H]4C=CN=C(C(=O)[C@@H]2C1)[C@H]34. The quantitative estimate of drug-likeness (QED) is 0.854. The van der Waals surface area contributed by atoms with Crippen LogP contribution in [-0.4, -0.2) is 37.9 Å². The van der Waals surface area contributed by atoms with Crippen LogP contribution in [0.1, 0.15) is 6.42 Å². The molecule has 3 atom stereocenters. The first-order valence-electron chi connectivity index (χ1n) is 8.11. The number of carbonyl (C=O) groups is 1. The molecule has 0 aromatic heterocycles. The second-order valence-electron chi connectivity index (χ2n) is 6.30. The molecule has 1 heterocycles. The average molecular weight is 341 g/mol. The van der Waals surface area contributed by atoms with Crippen molar-refractivity contribution in [3.8, 4) is 0 Å². The first-order valence-corrected chi connectivity index (χ1v) is 8.11. The molecule has 0 amide bonds. The zero-order chi connectivity index (χ0) is 17.7. The average Bonchev–Trinajstić information content (AvgIpc) is 2.65. The first kappa shape index (κ1) is 15.7. The van der Waals surface area contributed by atoms with Crippen LogP contribution in [0.3, 0.4) is 0 Å². The van der Waals surface area contributed by atoms with Crippen LogP contribution in [0.2, 0.25) is 0 Å². The van der Waals surface area contributed by atoms with Crippen LogP contribution in [0.15, 0.2) is 63.6 Å². The summed E-state index contributed by atoms with van der Waals surface area (Å²) >= 11 is 0. The lowest BCUT2D eigenvalue weighted by Crippen LogP contribution is -2.46. The van der Waals surface area contributed by atoms with Gasteiger partial charge in [0.25, 0.3) is 0 Å². The van der Waals surface area contributed by atoms with Crippen LogP contribution in [0.4, 0.5) is 0 Å². The van der Waals surface area contributed by atoms with Gasteiger partial charge in [0.15, 0.2) is 17.3 Å². The van der Waals surface area contributed by atoms with E-state index in [4.69, 9.17) is 14.2 Å². The number of hydrogen-bond donors (Lipinski definition) is 1. The molecule has 1 aliphatic heterocycles. The number of allylic oxidation sites excluding steroid dienone is 6. The lowest BCUT2D eigenvalue weighted by atomic mass is 9.62. The van der Waals surface area contributed by atoms with E-state index in [9.17, 15) is 9.90 Å². The number of ketones is 1. The molecule has 0 aromatic carbocycles. The monoisotopic (exact) mass is 341 g/mol. The zero-order valence-corrected chi connectivity index (χ0v) is 14.3. The van der Waals surface area contributed by atoms with E-state index in [2.05, 4.69) is 4.99 Å². The van der Waals surface area contributed by atoms with Crippen molar-refractivity contribution in [1.82, 2.24) is 0 Å². The van der Waals surface area contributed by atoms with Crippen molar-refractivity contribution in [2.45, 2.75) is 6.42 Å². The van der Waals surface area contributed by atoms with E-state index in [1.54, 1.807) is 13.3 Å². The smallest absolute Gasteiger partial charge is 0.199 e. The summed E-state index contributed by atoms with van der Waals surface area (Å²) in [6.45, 7) is 0. The van der Waals surface area contributed by atoms with Crippen LogP contribution < -0.4 is 0 Å². The minimum atomic E-state index is -0.401. The number of aliphatic imine (C=N–C) groups is 1. The lowest BCUT2D eigenvalue weighted by Gasteiger charge is -2.42. The van der Waals surface area contributed by atoms with E-state index in [-0.39, 0.29) is 23.4 Å². The second kappa shape index (κ2) is 5.65. The molecular formula is C19H19NO5. The Balaban J connectivity index is 1.98. The highest BCUT2D eigenvalue weighted by Crippen LogP contribution is 2.51. The standard InChI is InChI=1S/C19H19NO5/c1-23-9-4-5-10-12(8-9)16(21)15-13-11(6-7-20-15)18(24-2)19(25-3)17(22)14(10)13/h4-7,11-13,22H,8H2,1-3H3/t11-,12+,13-/m0/s1. The molecule has 0 bridgehead atoms. The summed E-state index contributed by atoms with van der Waals surface area (Å²) in [5.74, 6) is 0.556. The number of carbonyl (C=O) groups excluding carboxylic acids is 1. The maximum absolute atomic E-state index is 13.1. The highest BCUT2D eigenvalue weighted by molar-refractivity contribution is 6.44. The minimum absolute atomic E-state index is 0.0154. The molecular weight excluding hydrogens is 322 g/mol. The van der Waals surface area contributed by atoms with Gasteiger partial charge in [0.2, 0.25) is 0 Å². The van der Waals surface area contributed by atoms with Crippen LogP contribution in [0, 0.1) is 17.8 Å². The summed E-state index contributed by atoms with van der Waals surface area (Å²) in [5, 5.41) is 10.9. The summed E-state index contributed by atoms with van der Waals surface area (Å²) in [6.07, 6.45) is 7.67. The van der Waals surface area contributed by atoms with Gasteiger partial charge in [0.05, 0.1) is 44.6 Å². The first-order chi connectivity index (χ1) is 12.1. The number of aliphatic hydroxyl groups is 1. The Kier molecular flexibility index (Phi) is 3.56. The van der Waals surface area contributed by atoms with Gasteiger partial charge in [-0.05, 0) is 11.6 Å². The Morgan fingerprint density at radius 3 is 2.64 bits per heavy atom. The van der Waals surface area contributed by atoms with Crippen molar-refractivity contribution in [2.24, 2.45) is 22.7 Å². The van der Waals surface area contributed by atoms with Crippen LogP contribution in [0.5, 0.6) is 0 Å². The van der Waals surface area contributed by atoms with Crippen LogP contribution in [0.25, 0.3) is 0 Å². The Morgan fingerprint density at radius 2 is 1.96 bits per heavy atom. The third-order valence-electron chi connectivity index (χ3n) is 5.26. The Bertz CT molecular complexity index is 840. The van der Waals surface area contributed by atoms with E-state index in [1.807, 2.05) is 18.2 Å². The third-order valence-corrected chi connectivity index (χ3v) is 5.26. The summed E-state index contributed by atoms with van der Waals surface area (Å²) in [6, 6.07) is 0. The van der Waals surface area contributed by atoms with Gasteiger partial charge in [0.1, 0.15) is 5.76 Å². The summed E-state index contributed by atoms with van der Waals surface area (Å²) in [4.78, 5) is 17.4. The van der Waals surface area contributed by atoms with Gasteiger partial charge >= 0.3 is 0 Å². The second-order valence-corrected chi connectivity index (χ2v) is 6.30. The number of fused-ring (bicyclic) bond motifs is 2. The molecule has 0 spiro atoms. The molecule has 25 heavy (non-hydrogen) atoms. The molecule has 3 aliphatic carbocycles. The van der Waals surface area contributed by atoms with Crippen molar-refractivity contribution < 1.29 is 24.1 Å². The van der Waals surface area contributed by atoms with E-state index < -0.39 is 5.92 Å². The highest BCUT2D eigenvalue weighted by Gasteiger charge is 2.51. The van der Waals surface area contributed by atoms with Gasteiger partial charge in [-0.3, -0.25) is 9.79 Å². The fraction of sp³-hybridized carbons (Fsp3) is 0.368. The third kappa shape index (κ3) is 2.03. The van der Waals surface area contributed by atoms with Gasteiger partial charge in [-0.2, -0.15) is 0 Å². The molecule has 0 aromatic rings. The molecule has 4 aliphatic rings. The van der Waals surface area contributed by atoms with Crippen molar-refractivity contribution in [3.05, 3.63) is 58.6 Å². The highest BCUT2D eigenvalue weighted by atomic mass is 16.5. The molecule has 1 saturated carbocycles. The predicted molar refractivity (Wildman–Crippen MR) is 90.5 cm³/mol. The van der Waals surface area contributed by atoms with E-state index in [0.29, 0.717) is 29.2 Å². The van der Waals surface area contributed by atoms with E-state index in [0.717, 1.165) is 11.3 Å². The number of aliphatic hydroxyl groups excluding tert-OH is 1. The Morgan fingerprint density at radius 1 is 1.16 bits per heavy atom. The molecule has 130 valence electrons. The van der Waals surface area contributed by atoms with Gasteiger partial charge in [-0.25, -0.2) is 0 Å². The molecule has 1 N–H and O–H groups in total.